The molecule has 1 atom stereocenters. The molecule has 1 unspecified atom stereocenters. The molecule has 1 aliphatic rings. The van der Waals surface area contributed by atoms with Crippen LogP contribution < -0.4 is 0 Å². The second kappa shape index (κ2) is 11.0. The first-order valence-corrected chi connectivity index (χ1v) is 18.2. The van der Waals surface area contributed by atoms with E-state index < -0.39 is 0 Å². The molecule has 0 aliphatic heterocycles. The van der Waals surface area contributed by atoms with Crippen molar-refractivity contribution in [3.63, 3.8) is 0 Å². The lowest BCUT2D eigenvalue weighted by Crippen LogP contribution is -2.25. The molecule has 0 bridgehead atoms. The number of benzene rings is 7. The Balaban J connectivity index is 1.07. The van der Waals surface area contributed by atoms with E-state index in [1.807, 2.05) is 0 Å². The first-order valence-electron chi connectivity index (χ1n) is 18.2. The summed E-state index contributed by atoms with van der Waals surface area (Å²) in [5.74, 6) is 0. The molecule has 1 aliphatic carbocycles. The number of fused-ring (bicyclic) bond motifs is 9. The van der Waals surface area contributed by atoms with E-state index in [2.05, 4.69) is 203 Å². The largest absolute Gasteiger partial charge is 0.310 e. The molecule has 7 aromatic carbocycles. The molecule has 0 radical (unpaired) electrons. The SMILES string of the molecule is CC1(c2ccc3c(c2)c2ccccc2n3-c2ccc3c(c2)c2ccccc2n3-c2ccccc2)C=Cc2c(c3ccccc3n2-c2ccccc2)C1. The van der Waals surface area contributed by atoms with E-state index in [0.717, 1.165) is 6.42 Å². The van der Waals surface area contributed by atoms with E-state index in [0.29, 0.717) is 0 Å². The van der Waals surface area contributed by atoms with Gasteiger partial charge in [0.1, 0.15) is 0 Å². The van der Waals surface area contributed by atoms with Gasteiger partial charge >= 0.3 is 0 Å². The van der Waals surface area contributed by atoms with E-state index in [-0.39, 0.29) is 5.41 Å². The van der Waals surface area contributed by atoms with Gasteiger partial charge in [0.05, 0.1) is 27.6 Å². The Morgan fingerprint density at radius 1 is 0.404 bits per heavy atom. The maximum absolute atomic E-state index is 2.46. The molecule has 3 aromatic heterocycles. The molecule has 52 heavy (non-hydrogen) atoms. The van der Waals surface area contributed by atoms with Gasteiger partial charge in [0.15, 0.2) is 0 Å². The molecule has 3 heterocycles. The van der Waals surface area contributed by atoms with Crippen LogP contribution in [-0.4, -0.2) is 13.7 Å². The van der Waals surface area contributed by atoms with E-state index in [9.17, 15) is 0 Å². The Morgan fingerprint density at radius 2 is 0.885 bits per heavy atom. The average Bonchev–Trinajstić information content (AvgIpc) is 3.83. The van der Waals surface area contributed by atoms with Gasteiger partial charge in [-0.05, 0) is 96.4 Å². The minimum atomic E-state index is -0.159. The zero-order chi connectivity index (χ0) is 34.4. The first kappa shape index (κ1) is 29.2. The fourth-order valence-electron chi connectivity index (χ4n) is 8.99. The zero-order valence-corrected chi connectivity index (χ0v) is 28.9. The summed E-state index contributed by atoms with van der Waals surface area (Å²) < 4.78 is 7.26. The van der Waals surface area contributed by atoms with Crippen LogP contribution in [0.5, 0.6) is 0 Å². The quantitative estimate of drug-likeness (QED) is 0.178. The van der Waals surface area contributed by atoms with Gasteiger partial charge in [-0.2, -0.15) is 0 Å². The molecule has 0 saturated heterocycles. The standard InChI is InChI=1S/C49H35N3/c1-49(29-28-48-42(32-49)39-20-10-13-23-45(39)51(48)35-16-6-3-7-17-35)33-24-26-46-40(30-33)37-18-8-12-22-44(37)52(46)36-25-27-47-41(31-36)38-19-9-11-21-43(38)50(47)34-14-4-2-5-15-34/h2-31H,32H2,1H3. The van der Waals surface area contributed by atoms with Crippen LogP contribution >= 0.6 is 0 Å². The van der Waals surface area contributed by atoms with Crippen molar-refractivity contribution in [2.75, 3.05) is 0 Å². The first-order chi connectivity index (χ1) is 25.7. The predicted molar refractivity (Wildman–Crippen MR) is 218 cm³/mol. The summed E-state index contributed by atoms with van der Waals surface area (Å²) in [6.07, 6.45) is 5.73. The lowest BCUT2D eigenvalue weighted by Gasteiger charge is -2.30. The van der Waals surface area contributed by atoms with Gasteiger partial charge in [0, 0.05) is 55.1 Å². The highest BCUT2D eigenvalue weighted by molar-refractivity contribution is 6.12. The van der Waals surface area contributed by atoms with E-state index >= 15 is 0 Å². The summed E-state index contributed by atoms with van der Waals surface area (Å²) in [4.78, 5) is 0. The molecule has 10 aromatic rings. The van der Waals surface area contributed by atoms with Crippen LogP contribution in [0.1, 0.15) is 23.7 Å². The third kappa shape index (κ3) is 4.14. The highest BCUT2D eigenvalue weighted by Gasteiger charge is 2.32. The van der Waals surface area contributed by atoms with Crippen molar-refractivity contribution < 1.29 is 0 Å². The van der Waals surface area contributed by atoms with Gasteiger partial charge in [0.2, 0.25) is 0 Å². The van der Waals surface area contributed by atoms with E-state index in [4.69, 9.17) is 0 Å². The van der Waals surface area contributed by atoms with Crippen molar-refractivity contribution in [3.8, 4) is 17.1 Å². The molecule has 11 rings (SSSR count). The normalized spacial score (nSPS) is 15.7. The van der Waals surface area contributed by atoms with E-state index in [1.165, 1.54) is 88.4 Å². The van der Waals surface area contributed by atoms with Crippen LogP contribution in [0.25, 0.3) is 77.7 Å². The Bertz CT molecular complexity index is 3050. The minimum absolute atomic E-state index is 0.159. The highest BCUT2D eigenvalue weighted by Crippen LogP contribution is 2.44. The Hall–Kier alpha value is -6.58. The molecule has 0 spiro atoms. The number of allylic oxidation sites excluding steroid dienone is 1. The fraction of sp³-hybridized carbons (Fsp3) is 0.0612. The third-order valence-electron chi connectivity index (χ3n) is 11.4. The number of hydrogen-bond donors (Lipinski definition) is 0. The van der Waals surface area contributed by atoms with Crippen LogP contribution in [0.4, 0.5) is 0 Å². The molecule has 3 heteroatoms. The molecule has 3 nitrogen and oxygen atoms in total. The predicted octanol–water partition coefficient (Wildman–Crippen LogP) is 12.4. The van der Waals surface area contributed by atoms with Gasteiger partial charge in [-0.3, -0.25) is 0 Å². The van der Waals surface area contributed by atoms with Gasteiger partial charge < -0.3 is 13.7 Å². The lowest BCUT2D eigenvalue weighted by atomic mass is 9.73. The summed E-state index contributed by atoms with van der Waals surface area (Å²) in [5.41, 5.74) is 13.6. The van der Waals surface area contributed by atoms with Crippen LogP contribution in [0.3, 0.4) is 0 Å². The van der Waals surface area contributed by atoms with Gasteiger partial charge in [-0.25, -0.2) is 0 Å². The van der Waals surface area contributed by atoms with Crippen LogP contribution in [0.15, 0.2) is 176 Å². The van der Waals surface area contributed by atoms with Crippen molar-refractivity contribution >= 4 is 60.6 Å². The van der Waals surface area contributed by atoms with Crippen molar-refractivity contribution in [1.29, 1.82) is 0 Å². The average molecular weight is 666 g/mol. The Morgan fingerprint density at radius 3 is 1.54 bits per heavy atom. The van der Waals surface area contributed by atoms with Crippen LogP contribution in [0.2, 0.25) is 0 Å². The summed E-state index contributed by atoms with van der Waals surface area (Å²) in [7, 11) is 0. The number of hydrogen-bond acceptors (Lipinski definition) is 0. The Kier molecular flexibility index (Phi) is 6.15. The van der Waals surface area contributed by atoms with Crippen LogP contribution in [0, 0.1) is 0 Å². The molecule has 0 amide bonds. The second-order valence-electron chi connectivity index (χ2n) is 14.5. The zero-order valence-electron chi connectivity index (χ0n) is 28.9. The summed E-state index contributed by atoms with van der Waals surface area (Å²) in [5, 5.41) is 6.41. The monoisotopic (exact) mass is 665 g/mol. The smallest absolute Gasteiger partial charge is 0.0542 e. The summed E-state index contributed by atoms with van der Waals surface area (Å²) in [6.45, 7) is 2.40. The number of nitrogens with zero attached hydrogens (tertiary/aromatic N) is 3. The Labute approximate surface area is 301 Å². The maximum atomic E-state index is 2.46. The van der Waals surface area contributed by atoms with Gasteiger partial charge in [-0.15, -0.1) is 0 Å². The fourth-order valence-corrected chi connectivity index (χ4v) is 8.99. The molecule has 0 fully saturated rings. The van der Waals surface area contributed by atoms with Crippen molar-refractivity contribution in [2.45, 2.75) is 18.8 Å². The number of rotatable bonds is 4. The number of para-hydroxylation sites is 5. The summed E-state index contributed by atoms with van der Waals surface area (Å²) in [6, 6.07) is 62.1. The van der Waals surface area contributed by atoms with E-state index in [1.54, 1.807) is 0 Å². The van der Waals surface area contributed by atoms with Crippen molar-refractivity contribution in [2.24, 2.45) is 0 Å². The highest BCUT2D eigenvalue weighted by atomic mass is 15.0. The summed E-state index contributed by atoms with van der Waals surface area (Å²) >= 11 is 0. The second-order valence-corrected chi connectivity index (χ2v) is 14.5. The maximum Gasteiger partial charge on any atom is 0.0542 e. The molecule has 0 saturated carbocycles. The molecular formula is C49H35N3. The molecule has 0 N–H and O–H groups in total. The topological polar surface area (TPSA) is 14.8 Å². The van der Waals surface area contributed by atoms with Gasteiger partial charge in [-0.1, -0.05) is 110 Å². The lowest BCUT2D eigenvalue weighted by molar-refractivity contribution is 0.589. The molecule has 246 valence electrons. The van der Waals surface area contributed by atoms with Gasteiger partial charge in [0.25, 0.3) is 0 Å². The third-order valence-corrected chi connectivity index (χ3v) is 11.4. The van der Waals surface area contributed by atoms with Crippen molar-refractivity contribution in [1.82, 2.24) is 13.7 Å². The number of aromatic nitrogens is 3. The van der Waals surface area contributed by atoms with Crippen molar-refractivity contribution in [3.05, 3.63) is 193 Å². The van der Waals surface area contributed by atoms with Crippen LogP contribution in [-0.2, 0) is 11.8 Å². The molecular weight excluding hydrogens is 631 g/mol. The minimum Gasteiger partial charge on any atom is -0.310 e.